The van der Waals surface area contributed by atoms with Gasteiger partial charge in [0, 0.05) is 25.4 Å². The zero-order valence-electron chi connectivity index (χ0n) is 19.3. The van der Waals surface area contributed by atoms with Gasteiger partial charge in [0.1, 0.15) is 6.61 Å². The molecule has 0 spiro atoms. The van der Waals surface area contributed by atoms with Gasteiger partial charge in [-0.2, -0.15) is 0 Å². The van der Waals surface area contributed by atoms with Crippen molar-refractivity contribution >= 4 is 18.0 Å². The molecule has 7 heteroatoms. The molecular formula is C27H32N2O5. The van der Waals surface area contributed by atoms with Gasteiger partial charge in [0.2, 0.25) is 5.91 Å². The number of amides is 2. The van der Waals surface area contributed by atoms with Crippen molar-refractivity contribution in [1.82, 2.24) is 10.6 Å². The van der Waals surface area contributed by atoms with Crippen molar-refractivity contribution in [3.8, 4) is 11.1 Å². The summed E-state index contributed by atoms with van der Waals surface area (Å²) in [6.45, 7) is 1.14. The van der Waals surface area contributed by atoms with Crippen molar-refractivity contribution in [3.63, 3.8) is 0 Å². The first-order valence-electron chi connectivity index (χ1n) is 12.1. The minimum absolute atomic E-state index is 0.0247. The fraction of sp³-hybridized carbons (Fsp3) is 0.444. The Bertz CT molecular complexity index is 992. The van der Waals surface area contributed by atoms with Crippen molar-refractivity contribution in [1.29, 1.82) is 0 Å². The van der Waals surface area contributed by atoms with Crippen molar-refractivity contribution in [2.24, 2.45) is 11.8 Å². The smallest absolute Gasteiger partial charge is 0.407 e. The summed E-state index contributed by atoms with van der Waals surface area (Å²) in [6, 6.07) is 16.4. The molecule has 2 aromatic rings. The Morgan fingerprint density at radius 3 is 2.26 bits per heavy atom. The van der Waals surface area contributed by atoms with E-state index in [4.69, 9.17) is 4.74 Å². The van der Waals surface area contributed by atoms with Gasteiger partial charge in [-0.1, -0.05) is 55.0 Å². The molecule has 0 unspecified atom stereocenters. The average molecular weight is 465 g/mol. The molecule has 0 aromatic heterocycles. The standard InChI is InChI=1S/C27H32N2O5/c30-25(29-16-18-8-7-13-19(18)26(31)32)14-5-6-15-28-27(33)34-17-24-22-11-3-1-9-20(22)21-10-2-4-12-23(21)24/h1-4,9-12,18-19,24H,5-8,13-17H2,(H,28,33)(H,29,30)(H,31,32)/t18-,19-/m0/s1. The molecule has 2 aliphatic rings. The lowest BCUT2D eigenvalue weighted by atomic mass is 9.96. The van der Waals surface area contributed by atoms with Crippen molar-refractivity contribution in [3.05, 3.63) is 59.7 Å². The van der Waals surface area contributed by atoms with Gasteiger partial charge in [-0.25, -0.2) is 4.79 Å². The lowest BCUT2D eigenvalue weighted by molar-refractivity contribution is -0.143. The van der Waals surface area contributed by atoms with E-state index in [2.05, 4.69) is 34.9 Å². The molecule has 2 aliphatic carbocycles. The number of carboxylic acid groups (broad SMARTS) is 1. The highest BCUT2D eigenvalue weighted by Crippen LogP contribution is 2.44. The number of carbonyl (C=O) groups excluding carboxylic acids is 2. The quantitative estimate of drug-likeness (QED) is 0.455. The summed E-state index contributed by atoms with van der Waals surface area (Å²) in [4.78, 5) is 35.5. The van der Waals surface area contributed by atoms with Crippen LogP contribution in [0.15, 0.2) is 48.5 Å². The number of aliphatic carboxylic acids is 1. The SMILES string of the molecule is O=C(CCCCNC(=O)OCC1c2ccccc2-c2ccccc21)NC[C@@H]1CCC[C@@H]1C(=O)O. The highest BCUT2D eigenvalue weighted by molar-refractivity contribution is 5.79. The third kappa shape index (κ3) is 5.58. The molecule has 0 aliphatic heterocycles. The minimum atomic E-state index is -0.768. The molecule has 2 atom stereocenters. The largest absolute Gasteiger partial charge is 0.481 e. The van der Waals surface area contributed by atoms with Gasteiger partial charge in [-0.05, 0) is 53.9 Å². The Labute approximate surface area is 199 Å². The van der Waals surface area contributed by atoms with Crippen LogP contribution >= 0.6 is 0 Å². The normalized spacial score (nSPS) is 18.7. The van der Waals surface area contributed by atoms with E-state index in [1.165, 1.54) is 22.3 Å². The second-order valence-electron chi connectivity index (χ2n) is 9.15. The molecule has 1 fully saturated rings. The minimum Gasteiger partial charge on any atom is -0.481 e. The Kier molecular flexibility index (Phi) is 7.83. The summed E-state index contributed by atoms with van der Waals surface area (Å²) in [7, 11) is 0. The van der Waals surface area contributed by atoms with Crippen LogP contribution in [-0.2, 0) is 14.3 Å². The Morgan fingerprint density at radius 2 is 1.59 bits per heavy atom. The Morgan fingerprint density at radius 1 is 0.912 bits per heavy atom. The summed E-state index contributed by atoms with van der Waals surface area (Å²) in [5.74, 6) is -1.13. The Hall–Kier alpha value is -3.35. The zero-order chi connectivity index (χ0) is 23.9. The second-order valence-corrected chi connectivity index (χ2v) is 9.15. The molecule has 0 saturated heterocycles. The van der Waals surface area contributed by atoms with Crippen molar-refractivity contribution < 1.29 is 24.2 Å². The number of nitrogens with one attached hydrogen (secondary N) is 2. The molecule has 4 rings (SSSR count). The summed E-state index contributed by atoms with van der Waals surface area (Å²) >= 11 is 0. The summed E-state index contributed by atoms with van der Waals surface area (Å²) in [6.07, 6.45) is 3.66. The van der Waals surface area contributed by atoms with Crippen LogP contribution < -0.4 is 10.6 Å². The van der Waals surface area contributed by atoms with E-state index in [-0.39, 0.29) is 30.3 Å². The van der Waals surface area contributed by atoms with Gasteiger partial charge < -0.3 is 20.5 Å². The predicted molar refractivity (Wildman–Crippen MR) is 128 cm³/mol. The van der Waals surface area contributed by atoms with Crippen LogP contribution in [0.1, 0.15) is 55.6 Å². The van der Waals surface area contributed by atoms with Gasteiger partial charge in [-0.3, -0.25) is 9.59 Å². The van der Waals surface area contributed by atoms with E-state index >= 15 is 0 Å². The number of alkyl carbamates (subject to hydrolysis) is 1. The summed E-state index contributed by atoms with van der Waals surface area (Å²) in [5, 5.41) is 14.9. The number of hydrogen-bond acceptors (Lipinski definition) is 4. The van der Waals surface area contributed by atoms with Crippen LogP contribution in [0.2, 0.25) is 0 Å². The molecule has 34 heavy (non-hydrogen) atoms. The number of hydrogen-bond donors (Lipinski definition) is 3. The number of unbranched alkanes of at least 4 members (excludes halogenated alkanes) is 1. The molecule has 2 amide bonds. The van der Waals surface area contributed by atoms with Gasteiger partial charge in [0.05, 0.1) is 5.92 Å². The van der Waals surface area contributed by atoms with Gasteiger partial charge >= 0.3 is 12.1 Å². The summed E-state index contributed by atoms with van der Waals surface area (Å²) in [5.41, 5.74) is 4.73. The zero-order valence-corrected chi connectivity index (χ0v) is 19.3. The number of carboxylic acids is 1. The highest BCUT2D eigenvalue weighted by atomic mass is 16.5. The number of ether oxygens (including phenoxy) is 1. The lowest BCUT2D eigenvalue weighted by Gasteiger charge is -2.16. The van der Waals surface area contributed by atoms with Crippen LogP contribution in [0.4, 0.5) is 4.79 Å². The Balaban J connectivity index is 1.12. The van der Waals surface area contributed by atoms with Crippen molar-refractivity contribution in [2.75, 3.05) is 19.7 Å². The van der Waals surface area contributed by atoms with E-state index in [0.29, 0.717) is 38.8 Å². The summed E-state index contributed by atoms with van der Waals surface area (Å²) < 4.78 is 5.51. The van der Waals surface area contributed by atoms with Crippen molar-refractivity contribution in [2.45, 2.75) is 44.4 Å². The van der Waals surface area contributed by atoms with E-state index < -0.39 is 12.1 Å². The number of fused-ring (bicyclic) bond motifs is 3. The monoisotopic (exact) mass is 464 g/mol. The van der Waals surface area contributed by atoms with E-state index in [1.54, 1.807) is 0 Å². The highest BCUT2D eigenvalue weighted by Gasteiger charge is 2.33. The first-order valence-corrected chi connectivity index (χ1v) is 12.1. The van der Waals surface area contributed by atoms with Crippen LogP contribution in [0.25, 0.3) is 11.1 Å². The lowest BCUT2D eigenvalue weighted by Crippen LogP contribution is -2.33. The second kappa shape index (κ2) is 11.2. The molecule has 0 bridgehead atoms. The van der Waals surface area contributed by atoms with Crippen LogP contribution in [0.5, 0.6) is 0 Å². The number of benzene rings is 2. The molecular weight excluding hydrogens is 432 g/mol. The maximum Gasteiger partial charge on any atom is 0.407 e. The molecule has 0 heterocycles. The third-order valence-electron chi connectivity index (χ3n) is 6.98. The molecule has 7 nitrogen and oxygen atoms in total. The number of carbonyl (C=O) groups is 3. The third-order valence-corrected chi connectivity index (χ3v) is 6.98. The number of rotatable bonds is 10. The maximum atomic E-state index is 12.2. The topological polar surface area (TPSA) is 105 Å². The maximum absolute atomic E-state index is 12.2. The van der Waals surface area contributed by atoms with Gasteiger partial charge in [0.15, 0.2) is 0 Å². The van der Waals surface area contributed by atoms with E-state index in [0.717, 1.165) is 12.8 Å². The first kappa shape index (κ1) is 23.8. The first-order chi connectivity index (χ1) is 16.5. The predicted octanol–water partition coefficient (Wildman–Crippen LogP) is 4.31. The average Bonchev–Trinajstić information content (AvgIpc) is 3.44. The fourth-order valence-electron chi connectivity index (χ4n) is 5.19. The molecule has 1 saturated carbocycles. The molecule has 3 N–H and O–H groups in total. The molecule has 2 aromatic carbocycles. The van der Waals surface area contributed by atoms with E-state index in [1.807, 2.05) is 24.3 Å². The van der Waals surface area contributed by atoms with Crippen LogP contribution in [0.3, 0.4) is 0 Å². The fourth-order valence-corrected chi connectivity index (χ4v) is 5.19. The molecule has 180 valence electrons. The van der Waals surface area contributed by atoms with Gasteiger partial charge in [-0.15, -0.1) is 0 Å². The van der Waals surface area contributed by atoms with Crippen LogP contribution in [-0.4, -0.2) is 42.8 Å². The van der Waals surface area contributed by atoms with Gasteiger partial charge in [0.25, 0.3) is 0 Å². The molecule has 0 radical (unpaired) electrons. The van der Waals surface area contributed by atoms with E-state index in [9.17, 15) is 19.5 Å². The van der Waals surface area contributed by atoms with Crippen LogP contribution in [0, 0.1) is 11.8 Å².